The number of thiol groups is 1. The Labute approximate surface area is 189 Å². The number of halogens is 2. The molecule has 0 amide bonds. The van der Waals surface area contributed by atoms with Crippen molar-refractivity contribution in [3.05, 3.63) is 93.2 Å². The summed E-state index contributed by atoms with van der Waals surface area (Å²) in [7, 11) is 0. The highest BCUT2D eigenvalue weighted by atomic mass is 79.9. The zero-order valence-electron chi connectivity index (χ0n) is 15.8. The highest BCUT2D eigenvalue weighted by Crippen LogP contribution is 2.66. The highest BCUT2D eigenvalue weighted by molar-refractivity contribution is 9.10. The average molecular weight is 491 g/mol. The number of ether oxygens (including phenoxy) is 1. The van der Waals surface area contributed by atoms with Crippen LogP contribution in [0.1, 0.15) is 35.6 Å². The number of nitrogens with zero attached hydrogens (tertiary/aromatic N) is 1. The summed E-state index contributed by atoms with van der Waals surface area (Å²) in [5.41, 5.74) is 0.522. The number of hydrogen-bond donors (Lipinski definition) is 2. The topological polar surface area (TPSA) is 42.4 Å². The molecular weight excluding hydrogens is 470 g/mol. The molecule has 3 atom stereocenters. The molecule has 1 aromatic heterocycles. The second kappa shape index (κ2) is 7.95. The summed E-state index contributed by atoms with van der Waals surface area (Å²) >= 11 is 13.2. The average Bonchev–Trinajstić information content (AvgIpc) is 3.17. The number of hydrogen-bond acceptors (Lipinski definition) is 4. The second-order valence-corrected chi connectivity index (χ2v) is 8.56. The van der Waals surface area contributed by atoms with Crippen LogP contribution in [0.3, 0.4) is 0 Å². The lowest BCUT2D eigenvalue weighted by Gasteiger charge is -2.39. The van der Waals surface area contributed by atoms with Crippen molar-refractivity contribution in [3.8, 4) is 5.75 Å². The molecule has 29 heavy (non-hydrogen) atoms. The quantitative estimate of drug-likeness (QED) is 0.427. The van der Waals surface area contributed by atoms with Gasteiger partial charge in [-0.25, -0.2) is 0 Å². The van der Waals surface area contributed by atoms with Crippen molar-refractivity contribution in [2.45, 2.75) is 30.0 Å². The van der Waals surface area contributed by atoms with Crippen LogP contribution in [0, 0.1) is 0 Å². The number of fused-ring (bicyclic) bond motifs is 3. The molecule has 1 saturated carbocycles. The van der Waals surface area contributed by atoms with Gasteiger partial charge in [-0.1, -0.05) is 70.0 Å². The zero-order valence-corrected chi connectivity index (χ0v) is 19.1. The minimum atomic E-state index is -1.21. The molecule has 1 aliphatic carbocycles. The highest BCUT2D eigenvalue weighted by Gasteiger charge is 2.69. The van der Waals surface area contributed by atoms with E-state index in [-0.39, 0.29) is 5.92 Å². The smallest absolute Gasteiger partial charge is 0.175 e. The van der Waals surface area contributed by atoms with Crippen LogP contribution in [-0.4, -0.2) is 16.3 Å². The van der Waals surface area contributed by atoms with Gasteiger partial charge >= 0.3 is 0 Å². The Bertz CT molecular complexity index is 1020. The fourth-order valence-electron chi connectivity index (χ4n) is 4.75. The van der Waals surface area contributed by atoms with E-state index in [2.05, 4.69) is 45.7 Å². The molecule has 0 bridgehead atoms. The van der Waals surface area contributed by atoms with E-state index in [4.69, 9.17) is 16.3 Å². The summed E-state index contributed by atoms with van der Waals surface area (Å²) in [5, 5.41) is 12.4. The Kier molecular flexibility index (Phi) is 5.68. The van der Waals surface area contributed by atoms with Crippen molar-refractivity contribution in [1.82, 2.24) is 4.98 Å². The second-order valence-electron chi connectivity index (χ2n) is 7.21. The first-order valence-corrected chi connectivity index (χ1v) is 11.4. The Balaban J connectivity index is 0.000000994. The van der Waals surface area contributed by atoms with Crippen LogP contribution in [0.5, 0.6) is 5.75 Å². The van der Waals surface area contributed by atoms with Crippen LogP contribution in [0.2, 0.25) is 5.02 Å². The number of pyridine rings is 1. The Morgan fingerprint density at radius 1 is 1.14 bits per heavy atom. The van der Waals surface area contributed by atoms with E-state index in [1.807, 2.05) is 42.5 Å². The molecule has 0 spiro atoms. The fraction of sp³-hybridized carbons (Fsp3) is 0.261. The van der Waals surface area contributed by atoms with Crippen molar-refractivity contribution >= 4 is 40.2 Å². The number of benzene rings is 2. The summed E-state index contributed by atoms with van der Waals surface area (Å²) in [5.74, 6) is 0.561. The summed E-state index contributed by atoms with van der Waals surface area (Å²) in [4.78, 5) is 4.47. The molecule has 1 aliphatic heterocycles. The summed E-state index contributed by atoms with van der Waals surface area (Å²) in [6, 6.07) is 20.0. The lowest BCUT2D eigenvalue weighted by molar-refractivity contribution is -0.107. The third-order valence-corrected chi connectivity index (χ3v) is 6.59. The van der Waals surface area contributed by atoms with Crippen LogP contribution in [0.4, 0.5) is 0 Å². The molecule has 5 rings (SSSR count). The molecule has 3 nitrogen and oxygen atoms in total. The standard InChI is InChI=1S/C22H17BrClNO2.CH4S/c23-16-8-6-15(7-9-16)22-18(14-4-2-1-3-5-14)10-11-21(22,26)20-19(27-22)12-17(24)13-25-20;1-2/h1-9,12-13,18,26H,10-11H2;2H,1H3. The van der Waals surface area contributed by atoms with E-state index in [1.54, 1.807) is 18.5 Å². The fourth-order valence-corrected chi connectivity index (χ4v) is 5.16. The first kappa shape index (κ1) is 20.7. The molecule has 6 heteroatoms. The van der Waals surface area contributed by atoms with Gasteiger partial charge in [0.05, 0.1) is 5.02 Å². The van der Waals surface area contributed by atoms with E-state index < -0.39 is 11.2 Å². The molecule has 2 aliphatic rings. The van der Waals surface area contributed by atoms with Gasteiger partial charge in [-0.3, -0.25) is 4.98 Å². The summed E-state index contributed by atoms with van der Waals surface area (Å²) in [6.45, 7) is 0. The first-order valence-electron chi connectivity index (χ1n) is 9.38. The van der Waals surface area contributed by atoms with Gasteiger partial charge in [0, 0.05) is 22.7 Å². The number of aliphatic hydroxyl groups is 1. The molecule has 0 radical (unpaired) electrons. The maximum Gasteiger partial charge on any atom is 0.175 e. The molecular formula is C23H21BrClNO2S. The predicted octanol–water partition coefficient (Wildman–Crippen LogP) is 6.10. The molecule has 1 fully saturated rings. The van der Waals surface area contributed by atoms with Gasteiger partial charge in [0.25, 0.3) is 0 Å². The van der Waals surface area contributed by atoms with Crippen molar-refractivity contribution in [2.75, 3.05) is 6.26 Å². The van der Waals surface area contributed by atoms with Crippen LogP contribution in [0.15, 0.2) is 71.3 Å². The zero-order chi connectivity index (χ0) is 20.6. The minimum Gasteiger partial charge on any atom is -0.476 e. The third-order valence-electron chi connectivity index (χ3n) is 5.86. The minimum absolute atomic E-state index is 0.00199. The largest absolute Gasteiger partial charge is 0.476 e. The van der Waals surface area contributed by atoms with E-state index in [9.17, 15) is 5.11 Å². The molecule has 1 N–H and O–H groups in total. The maximum absolute atomic E-state index is 11.9. The van der Waals surface area contributed by atoms with Gasteiger partial charge < -0.3 is 9.84 Å². The third kappa shape index (κ3) is 3.10. The van der Waals surface area contributed by atoms with Crippen LogP contribution < -0.4 is 4.74 Å². The maximum atomic E-state index is 11.9. The molecule has 3 aromatic rings. The Morgan fingerprint density at radius 2 is 1.83 bits per heavy atom. The Hall–Kier alpha value is -1.53. The normalized spacial score (nSPS) is 26.7. The van der Waals surface area contributed by atoms with E-state index in [1.165, 1.54) is 0 Å². The van der Waals surface area contributed by atoms with Gasteiger partial charge in [-0.15, -0.1) is 0 Å². The first-order chi connectivity index (χ1) is 14.0. The van der Waals surface area contributed by atoms with Crippen molar-refractivity contribution in [1.29, 1.82) is 0 Å². The van der Waals surface area contributed by atoms with Gasteiger partial charge in [-0.2, -0.15) is 12.6 Å². The van der Waals surface area contributed by atoms with Crippen LogP contribution >= 0.6 is 40.2 Å². The monoisotopic (exact) mass is 489 g/mol. The van der Waals surface area contributed by atoms with Crippen molar-refractivity contribution in [3.63, 3.8) is 0 Å². The van der Waals surface area contributed by atoms with Crippen LogP contribution in [-0.2, 0) is 11.2 Å². The van der Waals surface area contributed by atoms with E-state index in [0.29, 0.717) is 22.9 Å². The number of aromatic nitrogens is 1. The number of rotatable bonds is 2. The molecule has 0 saturated heterocycles. The molecule has 3 unspecified atom stereocenters. The van der Waals surface area contributed by atoms with Gasteiger partial charge in [0.15, 0.2) is 11.2 Å². The summed E-state index contributed by atoms with van der Waals surface area (Å²) in [6.07, 6.45) is 4.65. The van der Waals surface area contributed by atoms with Crippen LogP contribution in [0.25, 0.3) is 0 Å². The molecule has 2 heterocycles. The Morgan fingerprint density at radius 3 is 2.52 bits per heavy atom. The SMILES string of the molecule is CS.OC12CCC(c3ccccc3)C1(c1ccc(Br)cc1)Oc1cc(Cl)cnc12. The summed E-state index contributed by atoms with van der Waals surface area (Å²) < 4.78 is 7.57. The van der Waals surface area contributed by atoms with E-state index in [0.717, 1.165) is 22.0 Å². The predicted molar refractivity (Wildman–Crippen MR) is 123 cm³/mol. The van der Waals surface area contributed by atoms with Crippen molar-refractivity contribution in [2.24, 2.45) is 0 Å². The van der Waals surface area contributed by atoms with Crippen molar-refractivity contribution < 1.29 is 9.84 Å². The van der Waals surface area contributed by atoms with Gasteiger partial charge in [0.2, 0.25) is 0 Å². The molecule has 2 aromatic carbocycles. The van der Waals surface area contributed by atoms with Gasteiger partial charge in [0.1, 0.15) is 11.4 Å². The lowest BCUT2D eigenvalue weighted by Crippen LogP contribution is -2.48. The lowest BCUT2D eigenvalue weighted by atomic mass is 9.73. The van der Waals surface area contributed by atoms with E-state index >= 15 is 0 Å². The van der Waals surface area contributed by atoms with Gasteiger partial charge in [-0.05, 0) is 42.4 Å². The molecule has 150 valence electrons.